The Morgan fingerprint density at radius 1 is 1.24 bits per heavy atom. The molecule has 0 fully saturated rings. The molecule has 1 unspecified atom stereocenters. The van der Waals surface area contributed by atoms with E-state index in [2.05, 4.69) is 4.98 Å². The Bertz CT molecular complexity index is 604. The molecule has 0 radical (unpaired) electrons. The SMILES string of the molecule is NC1CCc2[nH]c3cc(F)c(F)c(F)c3c2C1. The minimum Gasteiger partial charge on any atom is -0.358 e. The predicted octanol–water partition coefficient (Wildman–Crippen LogP) is 2.40. The predicted molar refractivity (Wildman–Crippen MR) is 58.2 cm³/mol. The zero-order valence-electron chi connectivity index (χ0n) is 8.99. The summed E-state index contributed by atoms with van der Waals surface area (Å²) in [5, 5.41) is 0.147. The highest BCUT2D eigenvalue weighted by molar-refractivity contribution is 5.86. The summed E-state index contributed by atoms with van der Waals surface area (Å²) in [6.07, 6.45) is 1.98. The molecule has 90 valence electrons. The average molecular weight is 240 g/mol. The van der Waals surface area contributed by atoms with Gasteiger partial charge in [0.2, 0.25) is 0 Å². The molecule has 0 spiro atoms. The van der Waals surface area contributed by atoms with Crippen LogP contribution in [0.25, 0.3) is 10.9 Å². The second kappa shape index (κ2) is 3.50. The van der Waals surface area contributed by atoms with Crippen molar-refractivity contribution in [3.05, 3.63) is 34.8 Å². The summed E-state index contributed by atoms with van der Waals surface area (Å²) in [4.78, 5) is 2.94. The Kier molecular flexibility index (Phi) is 2.19. The van der Waals surface area contributed by atoms with Gasteiger partial charge < -0.3 is 10.7 Å². The summed E-state index contributed by atoms with van der Waals surface area (Å²) in [5.74, 6) is -3.71. The highest BCUT2D eigenvalue weighted by Gasteiger charge is 2.24. The van der Waals surface area contributed by atoms with Crippen molar-refractivity contribution in [2.24, 2.45) is 5.73 Å². The van der Waals surface area contributed by atoms with E-state index in [1.54, 1.807) is 0 Å². The molecule has 17 heavy (non-hydrogen) atoms. The first-order valence-corrected chi connectivity index (χ1v) is 5.50. The molecule has 1 atom stereocenters. The van der Waals surface area contributed by atoms with Crippen molar-refractivity contribution in [1.82, 2.24) is 4.98 Å². The van der Waals surface area contributed by atoms with Crippen molar-refractivity contribution in [3.63, 3.8) is 0 Å². The molecule has 2 aromatic rings. The van der Waals surface area contributed by atoms with Gasteiger partial charge >= 0.3 is 0 Å². The lowest BCUT2D eigenvalue weighted by Gasteiger charge is -2.18. The van der Waals surface area contributed by atoms with Crippen molar-refractivity contribution in [3.8, 4) is 0 Å². The van der Waals surface area contributed by atoms with E-state index in [1.807, 2.05) is 0 Å². The number of hydrogen-bond acceptors (Lipinski definition) is 1. The number of aryl methyl sites for hydroxylation is 1. The molecule has 0 saturated carbocycles. The van der Waals surface area contributed by atoms with Crippen LogP contribution >= 0.6 is 0 Å². The molecule has 1 aromatic heterocycles. The van der Waals surface area contributed by atoms with Crippen LogP contribution in [0.2, 0.25) is 0 Å². The summed E-state index contributed by atoms with van der Waals surface area (Å²) in [6, 6.07) is 0.950. The third-order valence-corrected chi connectivity index (χ3v) is 3.35. The highest BCUT2D eigenvalue weighted by Crippen LogP contribution is 2.32. The number of fused-ring (bicyclic) bond motifs is 3. The number of benzene rings is 1. The number of aromatic amines is 1. The van der Waals surface area contributed by atoms with Crippen LogP contribution in [0.4, 0.5) is 13.2 Å². The van der Waals surface area contributed by atoms with E-state index in [9.17, 15) is 13.2 Å². The van der Waals surface area contributed by atoms with E-state index in [1.165, 1.54) is 0 Å². The average Bonchev–Trinajstić information content (AvgIpc) is 2.63. The second-order valence-corrected chi connectivity index (χ2v) is 4.49. The minimum absolute atomic E-state index is 0.0472. The van der Waals surface area contributed by atoms with E-state index < -0.39 is 17.5 Å². The van der Waals surface area contributed by atoms with E-state index in [0.29, 0.717) is 23.9 Å². The van der Waals surface area contributed by atoms with Crippen molar-refractivity contribution in [2.45, 2.75) is 25.3 Å². The van der Waals surface area contributed by atoms with Crippen LogP contribution in [0, 0.1) is 17.5 Å². The van der Waals surface area contributed by atoms with Gasteiger partial charge in [-0.2, -0.15) is 0 Å². The van der Waals surface area contributed by atoms with Crippen molar-refractivity contribution >= 4 is 10.9 Å². The summed E-state index contributed by atoms with van der Waals surface area (Å²) in [7, 11) is 0. The van der Waals surface area contributed by atoms with Gasteiger partial charge in [-0.05, 0) is 24.8 Å². The molecule has 0 bridgehead atoms. The molecule has 3 rings (SSSR count). The van der Waals surface area contributed by atoms with Crippen LogP contribution < -0.4 is 5.73 Å². The van der Waals surface area contributed by atoms with Crippen molar-refractivity contribution < 1.29 is 13.2 Å². The third-order valence-electron chi connectivity index (χ3n) is 3.35. The molecule has 1 aliphatic carbocycles. The third kappa shape index (κ3) is 1.45. The molecule has 2 nitrogen and oxygen atoms in total. The van der Waals surface area contributed by atoms with Crippen LogP contribution in [-0.2, 0) is 12.8 Å². The Morgan fingerprint density at radius 2 is 2.00 bits per heavy atom. The fourth-order valence-corrected chi connectivity index (χ4v) is 2.51. The normalized spacial score (nSPS) is 19.6. The van der Waals surface area contributed by atoms with Gasteiger partial charge in [-0.25, -0.2) is 13.2 Å². The quantitative estimate of drug-likeness (QED) is 0.682. The Morgan fingerprint density at radius 3 is 2.76 bits per heavy atom. The summed E-state index contributed by atoms with van der Waals surface area (Å²) in [5.41, 5.74) is 7.65. The van der Waals surface area contributed by atoms with E-state index in [4.69, 9.17) is 5.73 Å². The Hall–Kier alpha value is -1.49. The lowest BCUT2D eigenvalue weighted by molar-refractivity contribution is 0.453. The van der Waals surface area contributed by atoms with Gasteiger partial charge in [-0.15, -0.1) is 0 Å². The number of hydrogen-bond donors (Lipinski definition) is 2. The molecule has 0 saturated heterocycles. The molecule has 0 amide bonds. The number of nitrogens with one attached hydrogen (secondary N) is 1. The molecule has 3 N–H and O–H groups in total. The summed E-state index contributed by atoms with van der Waals surface area (Å²) < 4.78 is 40.0. The molecular weight excluding hydrogens is 229 g/mol. The lowest BCUT2D eigenvalue weighted by atomic mass is 9.92. The number of rotatable bonds is 0. The zero-order chi connectivity index (χ0) is 12.2. The van der Waals surface area contributed by atoms with Crippen LogP contribution in [0.5, 0.6) is 0 Å². The highest BCUT2D eigenvalue weighted by atomic mass is 19.2. The fourth-order valence-electron chi connectivity index (χ4n) is 2.51. The Labute approximate surface area is 95.6 Å². The van der Waals surface area contributed by atoms with Crippen LogP contribution in [0.3, 0.4) is 0 Å². The number of nitrogens with two attached hydrogens (primary N) is 1. The molecule has 1 heterocycles. The standard InChI is InChI=1S/C12H11F3N2/c13-7-4-9-10(12(15)11(7)14)6-3-5(16)1-2-8(6)17-9/h4-5,17H,1-3,16H2. The second-order valence-electron chi connectivity index (χ2n) is 4.49. The molecule has 5 heteroatoms. The largest absolute Gasteiger partial charge is 0.358 e. The zero-order valence-corrected chi connectivity index (χ0v) is 8.99. The van der Waals surface area contributed by atoms with Gasteiger partial charge in [0.05, 0.1) is 5.52 Å². The maximum Gasteiger partial charge on any atom is 0.195 e. The summed E-state index contributed by atoms with van der Waals surface area (Å²) in [6.45, 7) is 0. The topological polar surface area (TPSA) is 41.8 Å². The first-order chi connectivity index (χ1) is 8.08. The van der Waals surface area contributed by atoms with E-state index in [-0.39, 0.29) is 11.4 Å². The maximum absolute atomic E-state index is 13.7. The van der Waals surface area contributed by atoms with Gasteiger partial charge in [-0.1, -0.05) is 0 Å². The fraction of sp³-hybridized carbons (Fsp3) is 0.333. The van der Waals surface area contributed by atoms with Crippen LogP contribution in [0.1, 0.15) is 17.7 Å². The van der Waals surface area contributed by atoms with Gasteiger partial charge in [0, 0.05) is 23.2 Å². The van der Waals surface area contributed by atoms with Crippen LogP contribution in [-0.4, -0.2) is 11.0 Å². The van der Waals surface area contributed by atoms with Crippen molar-refractivity contribution in [2.75, 3.05) is 0 Å². The van der Waals surface area contributed by atoms with Gasteiger partial charge in [0.15, 0.2) is 17.5 Å². The number of H-pyrrole nitrogens is 1. The Balaban J connectivity index is 2.34. The molecule has 1 aliphatic rings. The molecule has 1 aromatic carbocycles. The summed E-state index contributed by atoms with van der Waals surface area (Å²) >= 11 is 0. The van der Waals surface area contributed by atoms with Gasteiger partial charge in [0.1, 0.15) is 0 Å². The smallest absolute Gasteiger partial charge is 0.195 e. The molecule has 0 aliphatic heterocycles. The number of aromatic nitrogens is 1. The monoisotopic (exact) mass is 240 g/mol. The van der Waals surface area contributed by atoms with E-state index >= 15 is 0 Å². The van der Waals surface area contributed by atoms with Crippen molar-refractivity contribution in [1.29, 1.82) is 0 Å². The first kappa shape index (κ1) is 10.7. The lowest BCUT2D eigenvalue weighted by Crippen LogP contribution is -2.27. The van der Waals surface area contributed by atoms with Crippen LogP contribution in [0.15, 0.2) is 6.07 Å². The maximum atomic E-state index is 13.7. The molecular formula is C12H11F3N2. The van der Waals surface area contributed by atoms with E-state index in [0.717, 1.165) is 18.2 Å². The minimum atomic E-state index is -1.42. The van der Waals surface area contributed by atoms with Gasteiger partial charge in [0.25, 0.3) is 0 Å². The first-order valence-electron chi connectivity index (χ1n) is 5.50. The number of halogens is 3. The van der Waals surface area contributed by atoms with Gasteiger partial charge in [-0.3, -0.25) is 0 Å².